The van der Waals surface area contributed by atoms with Crippen LogP contribution in [-0.2, 0) is 24.0 Å². The minimum Gasteiger partial charge on any atom is -0.508 e. The predicted molar refractivity (Wildman–Crippen MR) is 144 cm³/mol. The number of anilines is 1. The van der Waals surface area contributed by atoms with E-state index in [1.54, 1.807) is 0 Å². The van der Waals surface area contributed by atoms with Crippen molar-refractivity contribution in [1.82, 2.24) is 4.90 Å². The molecule has 236 valence electrons. The molecule has 6 atom stereocenters. The van der Waals surface area contributed by atoms with Crippen LogP contribution in [0.5, 0.6) is 5.75 Å². The van der Waals surface area contributed by atoms with E-state index < -0.39 is 123 Å². The van der Waals surface area contributed by atoms with Crippen molar-refractivity contribution < 1.29 is 56.1 Å². The third-order valence-corrected chi connectivity index (χ3v) is 10.5. The Kier molecular flexibility index (Phi) is 7.05. The van der Waals surface area contributed by atoms with Gasteiger partial charge in [0, 0.05) is 18.0 Å². The van der Waals surface area contributed by atoms with Crippen LogP contribution >= 0.6 is 23.2 Å². The first-order valence-corrected chi connectivity index (χ1v) is 14.2. The molecule has 3 fully saturated rings. The van der Waals surface area contributed by atoms with E-state index in [-0.39, 0.29) is 22.5 Å². The Labute approximate surface area is 259 Å². The lowest BCUT2D eigenvalue weighted by atomic mass is 9.56. The van der Waals surface area contributed by atoms with Gasteiger partial charge in [0.25, 0.3) is 11.8 Å². The number of likely N-dealkylation sites (tertiary alicyclic amines) is 1. The van der Waals surface area contributed by atoms with Gasteiger partial charge in [-0.3, -0.25) is 28.9 Å². The number of nitrogens with zero attached hydrogens (tertiary/aromatic N) is 2. The van der Waals surface area contributed by atoms with E-state index in [2.05, 4.69) is 0 Å². The Morgan fingerprint density at radius 3 is 2.09 bits per heavy atom. The van der Waals surface area contributed by atoms with Crippen molar-refractivity contribution in [2.45, 2.75) is 34.9 Å². The molecular weight excluding hydrogens is 654 g/mol. The molecule has 0 radical (unpaired) electrons. The summed E-state index contributed by atoms with van der Waals surface area (Å²) in [4.78, 5) is 61.1. The summed E-state index contributed by atoms with van der Waals surface area (Å²) >= 11 is 13.9. The highest BCUT2D eigenvalue weighted by atomic mass is 35.5. The van der Waals surface area contributed by atoms with Crippen molar-refractivity contribution in [2.75, 3.05) is 11.4 Å². The molecule has 2 aliphatic heterocycles. The number of carboxylic acid groups (broad SMARTS) is 1. The number of phenols is 1. The number of fused-ring (bicyclic) bond motifs is 4. The highest BCUT2D eigenvalue weighted by Crippen LogP contribution is 2.66. The van der Waals surface area contributed by atoms with Crippen molar-refractivity contribution in [3.63, 3.8) is 0 Å². The van der Waals surface area contributed by atoms with E-state index in [1.165, 1.54) is 30.3 Å². The maximum atomic E-state index is 15.0. The van der Waals surface area contributed by atoms with Gasteiger partial charge in [0.15, 0.2) is 33.0 Å². The van der Waals surface area contributed by atoms with E-state index in [9.17, 15) is 42.3 Å². The third-order valence-electron chi connectivity index (χ3n) is 9.11. The normalized spacial score (nSPS) is 30.8. The van der Waals surface area contributed by atoms with Crippen molar-refractivity contribution in [1.29, 1.82) is 0 Å². The Morgan fingerprint density at radius 1 is 0.889 bits per heavy atom. The van der Waals surface area contributed by atoms with Crippen LogP contribution < -0.4 is 4.90 Å². The Hall–Kier alpha value is -4.04. The van der Waals surface area contributed by atoms with E-state index >= 15 is 8.78 Å². The second kappa shape index (κ2) is 10.2. The first kappa shape index (κ1) is 31.0. The first-order valence-electron chi connectivity index (χ1n) is 13.4. The molecule has 0 bridgehead atoms. The lowest BCUT2D eigenvalue weighted by Crippen LogP contribution is -2.60. The molecular formula is C29H19Cl2F5N2O7. The Bertz CT molecular complexity index is 1760. The van der Waals surface area contributed by atoms with Gasteiger partial charge in [-0.2, -0.15) is 0 Å². The van der Waals surface area contributed by atoms with Gasteiger partial charge in [0.2, 0.25) is 17.6 Å². The molecule has 6 rings (SSSR count). The minimum absolute atomic E-state index is 0.111. The molecule has 2 saturated heterocycles. The number of imide groups is 2. The zero-order chi connectivity index (χ0) is 32.9. The van der Waals surface area contributed by atoms with Gasteiger partial charge in [0.05, 0.1) is 18.3 Å². The molecule has 4 aliphatic rings. The van der Waals surface area contributed by atoms with Crippen LogP contribution in [0.2, 0.25) is 0 Å². The van der Waals surface area contributed by atoms with Crippen LogP contribution in [-0.4, -0.2) is 61.0 Å². The summed E-state index contributed by atoms with van der Waals surface area (Å²) in [5, 5.41) is 20.0. The fraction of sp³-hybridized carbons (Fsp3) is 0.345. The fourth-order valence-corrected chi connectivity index (χ4v) is 8.06. The van der Waals surface area contributed by atoms with E-state index in [0.717, 1.165) is 4.90 Å². The van der Waals surface area contributed by atoms with Gasteiger partial charge in [-0.05, 0) is 24.8 Å². The largest absolute Gasteiger partial charge is 0.508 e. The van der Waals surface area contributed by atoms with Gasteiger partial charge >= 0.3 is 5.97 Å². The van der Waals surface area contributed by atoms with Crippen molar-refractivity contribution in [3.05, 3.63) is 70.6 Å². The molecule has 2 aliphatic carbocycles. The SMILES string of the molecule is O=C(O)CCN1C(=O)[C@H]2[C@H](CC=C3[C@H]2C[C@@]2(Cl)C(=O)N(c4c(F)c(F)c(F)c(F)c4F)C(=O)[C@@]2(Cl)[C@H]3c2ccccc2O)C1=O. The van der Waals surface area contributed by atoms with Crippen LogP contribution in [0.15, 0.2) is 35.9 Å². The second-order valence-corrected chi connectivity index (χ2v) is 12.5. The van der Waals surface area contributed by atoms with Gasteiger partial charge in [-0.15, -0.1) is 23.2 Å². The Morgan fingerprint density at radius 2 is 1.49 bits per heavy atom. The summed E-state index contributed by atoms with van der Waals surface area (Å²) in [6.07, 6.45) is 0.0859. The van der Waals surface area contributed by atoms with Crippen molar-refractivity contribution in [2.24, 2.45) is 17.8 Å². The van der Waals surface area contributed by atoms with Crippen LogP contribution in [0, 0.1) is 46.8 Å². The number of benzene rings is 2. The molecule has 9 nitrogen and oxygen atoms in total. The standard InChI is InChI=1S/C29H19Cl2F5N2O7/c30-28-9-13-10(5-6-12-16(13)25(43)37(24(12)42)8-7-15(40)41)17(11-3-1-2-4-14(11)39)29(28,31)27(45)38(26(28)44)23-21(35)19(33)18(32)20(34)22(23)36/h1-5,12-13,16-17,39H,6-9H2,(H,40,41)/t12-,13+,16-,17+,28+,29-/m0/s1. The molecule has 0 unspecified atom stereocenters. The molecule has 0 aromatic heterocycles. The zero-order valence-corrected chi connectivity index (χ0v) is 24.0. The lowest BCUT2D eigenvalue weighted by Gasteiger charge is -2.50. The number of allylic oxidation sites excluding steroid dienone is 2. The predicted octanol–water partition coefficient (Wildman–Crippen LogP) is 4.13. The number of alkyl halides is 2. The monoisotopic (exact) mass is 672 g/mol. The maximum Gasteiger partial charge on any atom is 0.305 e. The van der Waals surface area contributed by atoms with Crippen molar-refractivity contribution >= 4 is 58.5 Å². The van der Waals surface area contributed by atoms with E-state index in [4.69, 9.17) is 28.3 Å². The number of carbonyl (C=O) groups is 5. The van der Waals surface area contributed by atoms with Gasteiger partial charge in [0.1, 0.15) is 11.4 Å². The summed E-state index contributed by atoms with van der Waals surface area (Å²) in [5.74, 6) is -24.1. The maximum absolute atomic E-state index is 15.0. The van der Waals surface area contributed by atoms with E-state index in [0.29, 0.717) is 0 Å². The molecule has 2 aromatic carbocycles. The van der Waals surface area contributed by atoms with Crippen LogP contribution in [0.25, 0.3) is 0 Å². The summed E-state index contributed by atoms with van der Waals surface area (Å²) < 4.78 is 72.4. The minimum atomic E-state index is -2.76. The summed E-state index contributed by atoms with van der Waals surface area (Å²) in [6.45, 7) is -0.456. The first-order chi connectivity index (χ1) is 21.1. The molecule has 4 amide bonds. The average molecular weight is 673 g/mol. The number of carbonyl (C=O) groups excluding carboxylic acids is 4. The highest BCUT2D eigenvalue weighted by Gasteiger charge is 2.77. The zero-order valence-electron chi connectivity index (χ0n) is 22.5. The summed E-state index contributed by atoms with van der Waals surface area (Å²) in [7, 11) is 0. The number of aliphatic carboxylic acids is 1. The molecule has 2 heterocycles. The number of rotatable bonds is 5. The van der Waals surface area contributed by atoms with Crippen LogP contribution in [0.1, 0.15) is 30.7 Å². The molecule has 16 heteroatoms. The van der Waals surface area contributed by atoms with Gasteiger partial charge in [-0.1, -0.05) is 29.8 Å². The topological polar surface area (TPSA) is 132 Å². The molecule has 1 saturated carbocycles. The average Bonchev–Trinajstić information content (AvgIpc) is 3.32. The van der Waals surface area contributed by atoms with Crippen LogP contribution in [0.4, 0.5) is 27.6 Å². The second-order valence-electron chi connectivity index (χ2n) is 11.2. The lowest BCUT2D eigenvalue weighted by molar-refractivity contribution is -0.142. The number of halogens is 7. The number of amides is 4. The third kappa shape index (κ3) is 3.94. The smallest absolute Gasteiger partial charge is 0.305 e. The van der Waals surface area contributed by atoms with Crippen LogP contribution in [0.3, 0.4) is 0 Å². The fourth-order valence-electron chi connectivity index (χ4n) is 7.14. The number of hydrogen-bond acceptors (Lipinski definition) is 6. The summed E-state index contributed by atoms with van der Waals surface area (Å²) in [6, 6.07) is 5.32. The molecule has 2 N–H and O–H groups in total. The van der Waals surface area contributed by atoms with E-state index in [1.807, 2.05) is 0 Å². The number of carboxylic acids is 1. The molecule has 0 spiro atoms. The molecule has 2 aromatic rings. The van der Waals surface area contributed by atoms with Gasteiger partial charge in [-0.25, -0.2) is 26.9 Å². The number of hydrogen-bond donors (Lipinski definition) is 2. The quantitative estimate of drug-likeness (QED) is 0.122. The summed E-state index contributed by atoms with van der Waals surface area (Å²) in [5.41, 5.74) is -1.87. The van der Waals surface area contributed by atoms with Gasteiger partial charge < -0.3 is 10.2 Å². The number of para-hydroxylation sites is 1. The highest BCUT2D eigenvalue weighted by molar-refractivity contribution is 6.58. The Balaban J connectivity index is 1.56. The van der Waals surface area contributed by atoms with Crippen molar-refractivity contribution in [3.8, 4) is 5.75 Å². The molecule has 45 heavy (non-hydrogen) atoms. The number of aromatic hydroxyl groups is 1. The number of phenolic OH excluding ortho intramolecular Hbond substituents is 1.